The number of benzene rings is 2. The third kappa shape index (κ3) is 4.65. The highest BCUT2D eigenvalue weighted by atomic mass is 16.5. The van der Waals surface area contributed by atoms with Crippen LogP contribution in [0.25, 0.3) is 28.2 Å². The van der Waals surface area contributed by atoms with E-state index < -0.39 is 0 Å². The Labute approximate surface area is 192 Å². The highest BCUT2D eigenvalue weighted by Gasteiger charge is 2.19. The van der Waals surface area contributed by atoms with E-state index in [0.29, 0.717) is 36.6 Å². The van der Waals surface area contributed by atoms with Gasteiger partial charge in [-0.05, 0) is 24.6 Å². The second-order valence-corrected chi connectivity index (χ2v) is 7.20. The molecule has 8 heteroatoms. The van der Waals surface area contributed by atoms with Crippen LogP contribution in [0.5, 0.6) is 17.5 Å². The minimum atomic E-state index is 0.355. The number of aryl methyl sites for hydroxylation is 1. The molecule has 2 aromatic carbocycles. The lowest BCUT2D eigenvalue weighted by Crippen LogP contribution is -2.10. The maximum Gasteiger partial charge on any atom is 0.241 e. The molecule has 0 fully saturated rings. The van der Waals surface area contributed by atoms with Crippen LogP contribution in [0.15, 0.2) is 60.7 Å². The Balaban J connectivity index is 1.73. The fraction of sp³-hybridized carbons (Fsp3) is 0.240. The molecule has 0 aliphatic heterocycles. The Morgan fingerprint density at radius 2 is 1.55 bits per heavy atom. The topological polar surface area (TPSA) is 80.5 Å². The van der Waals surface area contributed by atoms with E-state index in [1.54, 1.807) is 27.4 Å². The quantitative estimate of drug-likeness (QED) is 0.354. The van der Waals surface area contributed by atoms with Crippen molar-refractivity contribution in [2.45, 2.75) is 6.92 Å². The molecule has 0 unspecified atom stereocenters. The molecule has 0 atom stereocenters. The molecule has 0 radical (unpaired) electrons. The van der Waals surface area contributed by atoms with Crippen LogP contribution in [-0.2, 0) is 4.74 Å². The maximum absolute atomic E-state index is 5.89. The van der Waals surface area contributed by atoms with Gasteiger partial charge in [0.05, 0.1) is 20.8 Å². The summed E-state index contributed by atoms with van der Waals surface area (Å²) < 4.78 is 23.7. The lowest BCUT2D eigenvalue weighted by Gasteiger charge is -2.15. The van der Waals surface area contributed by atoms with E-state index in [-0.39, 0.29) is 0 Å². The van der Waals surface area contributed by atoms with Crippen LogP contribution in [0.1, 0.15) is 5.82 Å². The van der Waals surface area contributed by atoms with Gasteiger partial charge in [0.1, 0.15) is 23.9 Å². The number of methoxy groups -OCH3 is 3. The molecule has 33 heavy (non-hydrogen) atoms. The Hall–Kier alpha value is -3.91. The predicted molar refractivity (Wildman–Crippen MR) is 125 cm³/mol. The summed E-state index contributed by atoms with van der Waals surface area (Å²) in [6.07, 6.45) is 0. The smallest absolute Gasteiger partial charge is 0.241 e. The fourth-order valence-electron chi connectivity index (χ4n) is 3.55. The van der Waals surface area contributed by atoms with Crippen molar-refractivity contribution >= 4 is 0 Å². The number of ether oxygens (including phenoxy) is 4. The highest BCUT2D eigenvalue weighted by molar-refractivity contribution is 5.73. The van der Waals surface area contributed by atoms with Gasteiger partial charge in [0.2, 0.25) is 11.8 Å². The third-order valence-electron chi connectivity index (χ3n) is 5.18. The first-order valence-corrected chi connectivity index (χ1v) is 10.5. The van der Waals surface area contributed by atoms with E-state index in [1.165, 1.54) is 0 Å². The normalized spacial score (nSPS) is 10.8. The molecule has 4 aromatic rings. The fourth-order valence-corrected chi connectivity index (χ4v) is 3.55. The molecule has 2 aromatic heterocycles. The van der Waals surface area contributed by atoms with E-state index in [0.717, 1.165) is 28.1 Å². The predicted octanol–water partition coefficient (Wildman–Crippen LogP) is 4.35. The molecule has 0 aliphatic rings. The molecule has 0 saturated heterocycles. The second kappa shape index (κ2) is 10.1. The zero-order valence-corrected chi connectivity index (χ0v) is 19.1. The van der Waals surface area contributed by atoms with Crippen LogP contribution in [-0.4, -0.2) is 54.3 Å². The minimum absolute atomic E-state index is 0.355. The van der Waals surface area contributed by atoms with E-state index >= 15 is 0 Å². The number of nitrogens with zero attached hydrogens (tertiary/aromatic N) is 4. The summed E-state index contributed by atoms with van der Waals surface area (Å²) in [5.74, 6) is 3.09. The first kappa shape index (κ1) is 22.3. The van der Waals surface area contributed by atoms with Crippen molar-refractivity contribution in [1.29, 1.82) is 0 Å². The Morgan fingerprint density at radius 1 is 0.788 bits per heavy atom. The van der Waals surface area contributed by atoms with Crippen LogP contribution in [0.2, 0.25) is 0 Å². The number of aromatic nitrogens is 4. The van der Waals surface area contributed by atoms with Gasteiger partial charge >= 0.3 is 0 Å². The summed E-state index contributed by atoms with van der Waals surface area (Å²) in [4.78, 5) is 4.48. The van der Waals surface area contributed by atoms with Gasteiger partial charge in [-0.2, -0.15) is 4.98 Å². The Morgan fingerprint density at radius 3 is 2.27 bits per heavy atom. The van der Waals surface area contributed by atoms with E-state index in [2.05, 4.69) is 15.2 Å². The molecule has 0 bridgehead atoms. The molecule has 0 spiro atoms. The van der Waals surface area contributed by atoms with E-state index in [4.69, 9.17) is 18.9 Å². The van der Waals surface area contributed by atoms with Crippen molar-refractivity contribution in [1.82, 2.24) is 19.7 Å². The van der Waals surface area contributed by atoms with Gasteiger partial charge in [-0.1, -0.05) is 42.5 Å². The van der Waals surface area contributed by atoms with Crippen LogP contribution in [0, 0.1) is 6.92 Å². The average Bonchev–Trinajstić information content (AvgIpc) is 3.25. The van der Waals surface area contributed by atoms with E-state index in [9.17, 15) is 0 Å². The molecule has 0 amide bonds. The van der Waals surface area contributed by atoms with Gasteiger partial charge in [0.25, 0.3) is 0 Å². The molecule has 170 valence electrons. The van der Waals surface area contributed by atoms with Gasteiger partial charge < -0.3 is 18.9 Å². The molecular weight excluding hydrogens is 420 g/mol. The van der Waals surface area contributed by atoms with Crippen LogP contribution in [0.4, 0.5) is 0 Å². The molecular formula is C25H26N4O4. The van der Waals surface area contributed by atoms with Crippen LogP contribution < -0.4 is 14.2 Å². The zero-order chi connectivity index (χ0) is 23.2. The number of para-hydroxylation sites is 1. The lowest BCUT2D eigenvalue weighted by molar-refractivity contribution is 0.143. The van der Waals surface area contributed by atoms with Crippen LogP contribution >= 0.6 is 0 Å². The summed E-state index contributed by atoms with van der Waals surface area (Å²) in [5, 5.41) is 8.74. The van der Waals surface area contributed by atoms with Crippen molar-refractivity contribution in [3.05, 3.63) is 66.5 Å². The first-order chi connectivity index (χ1) is 16.2. The van der Waals surface area contributed by atoms with Gasteiger partial charge in [-0.15, -0.1) is 10.2 Å². The zero-order valence-electron chi connectivity index (χ0n) is 19.1. The summed E-state index contributed by atoms with van der Waals surface area (Å²) in [6.45, 7) is 2.69. The van der Waals surface area contributed by atoms with Crippen LogP contribution in [0.3, 0.4) is 0 Å². The van der Waals surface area contributed by atoms with Crippen molar-refractivity contribution in [2.75, 3.05) is 34.5 Å². The van der Waals surface area contributed by atoms with Crippen molar-refractivity contribution in [2.24, 2.45) is 0 Å². The lowest BCUT2D eigenvalue weighted by atomic mass is 10.0. The van der Waals surface area contributed by atoms with E-state index in [1.807, 2.05) is 66.1 Å². The molecule has 0 N–H and O–H groups in total. The molecule has 2 heterocycles. The monoisotopic (exact) mass is 446 g/mol. The molecule has 8 nitrogen and oxygen atoms in total. The molecule has 0 saturated carbocycles. The number of pyridine rings is 1. The number of rotatable bonds is 9. The van der Waals surface area contributed by atoms with Gasteiger partial charge in [0, 0.05) is 24.3 Å². The summed E-state index contributed by atoms with van der Waals surface area (Å²) in [6, 6.07) is 19.7. The summed E-state index contributed by atoms with van der Waals surface area (Å²) >= 11 is 0. The van der Waals surface area contributed by atoms with Gasteiger partial charge in [-0.3, -0.25) is 4.57 Å². The second-order valence-electron chi connectivity index (χ2n) is 7.20. The minimum Gasteiger partial charge on any atom is -0.496 e. The number of hydrogen-bond donors (Lipinski definition) is 0. The van der Waals surface area contributed by atoms with Gasteiger partial charge in [0.15, 0.2) is 5.82 Å². The highest BCUT2D eigenvalue weighted by Crippen LogP contribution is 2.33. The summed E-state index contributed by atoms with van der Waals surface area (Å²) in [7, 11) is 4.87. The SMILES string of the molecule is COCCOc1nc(OC)ccc1-n1c(C)nnc1-c1ccc(-c2ccccc2OC)cc1. The largest absolute Gasteiger partial charge is 0.496 e. The van der Waals surface area contributed by atoms with Gasteiger partial charge in [-0.25, -0.2) is 0 Å². The summed E-state index contributed by atoms with van der Waals surface area (Å²) in [5.41, 5.74) is 3.71. The average molecular weight is 447 g/mol. The maximum atomic E-state index is 5.89. The van der Waals surface area contributed by atoms with Crippen molar-refractivity contribution in [3.8, 4) is 45.7 Å². The van der Waals surface area contributed by atoms with Crippen molar-refractivity contribution in [3.63, 3.8) is 0 Å². The van der Waals surface area contributed by atoms with Crippen molar-refractivity contribution < 1.29 is 18.9 Å². The standard InChI is InChI=1S/C25H26N4O4/c1-17-27-28-24(19-11-9-18(10-12-19)20-7-5-6-8-22(20)31-3)29(17)21-13-14-23(32-4)26-25(21)33-16-15-30-2/h5-14H,15-16H2,1-4H3. The first-order valence-electron chi connectivity index (χ1n) is 10.5. The number of hydrogen-bond acceptors (Lipinski definition) is 7. The Bertz CT molecular complexity index is 1220. The Kier molecular flexibility index (Phi) is 6.85. The third-order valence-corrected chi connectivity index (χ3v) is 5.18. The molecule has 4 rings (SSSR count). The molecule has 0 aliphatic carbocycles.